The molecule has 1 amide bonds. The maximum Gasteiger partial charge on any atom is 0.251 e. The fraction of sp³-hybridized carbons (Fsp3) is 0.395. The van der Waals surface area contributed by atoms with Gasteiger partial charge < -0.3 is 10.1 Å². The number of allylic oxidation sites excluding steroid dienone is 3. The Morgan fingerprint density at radius 2 is 1.63 bits per heavy atom. The first-order valence-electron chi connectivity index (χ1n) is 16.2. The number of benzene rings is 3. The van der Waals surface area contributed by atoms with Crippen LogP contribution in [0.1, 0.15) is 67.4 Å². The van der Waals surface area contributed by atoms with Crippen LogP contribution in [0.2, 0.25) is 0 Å². The topological polar surface area (TPSA) is 44.8 Å². The summed E-state index contributed by atoms with van der Waals surface area (Å²) in [7, 11) is 0. The zero-order valence-electron chi connectivity index (χ0n) is 25.2. The minimum absolute atomic E-state index is 0. The average molecular weight is 578 g/mol. The third kappa shape index (κ3) is 7.84. The van der Waals surface area contributed by atoms with Gasteiger partial charge in [0.25, 0.3) is 5.91 Å². The van der Waals surface area contributed by atoms with Crippen LogP contribution in [0.15, 0.2) is 109 Å². The van der Waals surface area contributed by atoms with E-state index in [1.165, 1.54) is 36.0 Å². The number of carbonyl (C=O) groups excluding carboxylic acids is 1. The summed E-state index contributed by atoms with van der Waals surface area (Å²) < 4.78 is 6.52. The Morgan fingerprint density at radius 1 is 0.884 bits per heavy atom. The second kappa shape index (κ2) is 14.7. The zero-order chi connectivity index (χ0) is 29.3. The number of amides is 1. The Morgan fingerprint density at radius 3 is 2.33 bits per heavy atom. The van der Waals surface area contributed by atoms with Gasteiger partial charge in [0, 0.05) is 38.6 Å². The van der Waals surface area contributed by atoms with Crippen LogP contribution in [-0.2, 0) is 0 Å². The van der Waals surface area contributed by atoms with Gasteiger partial charge in [0.2, 0.25) is 0 Å². The Hall–Kier alpha value is -3.67. The van der Waals surface area contributed by atoms with E-state index in [0.29, 0.717) is 18.0 Å². The minimum Gasteiger partial charge on any atom is -0.489 e. The Kier molecular flexibility index (Phi) is 10.0. The molecule has 3 aromatic rings. The van der Waals surface area contributed by atoms with Gasteiger partial charge in [-0.25, -0.2) is 0 Å². The van der Waals surface area contributed by atoms with Crippen LogP contribution >= 0.6 is 0 Å². The van der Waals surface area contributed by atoms with Gasteiger partial charge in [-0.1, -0.05) is 91.4 Å². The number of nitrogens with one attached hydrogen (secondary N) is 1. The van der Waals surface area contributed by atoms with E-state index in [9.17, 15) is 4.79 Å². The van der Waals surface area contributed by atoms with Crippen LogP contribution in [0.3, 0.4) is 0 Å². The number of rotatable bonds is 11. The minimum atomic E-state index is -0.0298. The monoisotopic (exact) mass is 577 g/mol. The van der Waals surface area contributed by atoms with Crippen molar-refractivity contribution in [2.75, 3.05) is 39.3 Å². The van der Waals surface area contributed by atoms with Gasteiger partial charge in [-0.05, 0) is 86.6 Å². The summed E-state index contributed by atoms with van der Waals surface area (Å²) in [5.74, 6) is 1.06. The first-order valence-corrected chi connectivity index (χ1v) is 16.2. The van der Waals surface area contributed by atoms with Crippen molar-refractivity contribution in [1.29, 1.82) is 0 Å². The lowest BCUT2D eigenvalue weighted by Gasteiger charge is -2.35. The summed E-state index contributed by atoms with van der Waals surface area (Å²) in [6.45, 7) is 5.77. The predicted octanol–water partition coefficient (Wildman–Crippen LogP) is 7.08. The van der Waals surface area contributed by atoms with Crippen molar-refractivity contribution >= 4 is 5.91 Å². The van der Waals surface area contributed by atoms with Crippen LogP contribution in [0.5, 0.6) is 5.75 Å². The molecule has 1 aliphatic carbocycles. The summed E-state index contributed by atoms with van der Waals surface area (Å²) in [5, 5.41) is 3.25. The van der Waals surface area contributed by atoms with Crippen molar-refractivity contribution in [1.82, 2.24) is 15.1 Å². The Bertz CT molecular complexity index is 1350. The molecule has 0 spiro atoms. The molecular formula is C38H47N3O2. The van der Waals surface area contributed by atoms with Crippen molar-refractivity contribution in [2.45, 2.75) is 56.6 Å². The molecule has 43 heavy (non-hydrogen) atoms. The molecule has 5 heteroatoms. The summed E-state index contributed by atoms with van der Waals surface area (Å²) in [6.07, 6.45) is 13.6. The van der Waals surface area contributed by atoms with Crippen molar-refractivity contribution in [3.05, 3.63) is 125 Å². The smallest absolute Gasteiger partial charge is 0.251 e. The Labute approximate surface area is 258 Å². The SMILES string of the molecule is O=C(NCC(C1=CC=CC1)N1CCCCC1)c1cccc(OC2CCCN(CC(c3ccccc3)c3ccccc3)C2)c1.[HH]. The van der Waals surface area contributed by atoms with Gasteiger partial charge in [0.05, 0.1) is 0 Å². The lowest BCUT2D eigenvalue weighted by atomic mass is 9.90. The zero-order valence-corrected chi connectivity index (χ0v) is 25.2. The molecule has 2 heterocycles. The molecule has 0 saturated carbocycles. The number of piperidine rings is 2. The fourth-order valence-electron chi connectivity index (χ4n) is 6.94. The number of likely N-dealkylation sites (tertiary alicyclic amines) is 2. The van der Waals surface area contributed by atoms with Crippen LogP contribution in [0, 0.1) is 0 Å². The molecule has 1 N–H and O–H groups in total. The number of hydrogen-bond acceptors (Lipinski definition) is 4. The second-order valence-electron chi connectivity index (χ2n) is 12.2. The lowest BCUT2D eigenvalue weighted by molar-refractivity contribution is 0.0859. The second-order valence-corrected chi connectivity index (χ2v) is 12.2. The number of carbonyl (C=O) groups is 1. The van der Waals surface area contributed by atoms with E-state index in [1.807, 2.05) is 24.3 Å². The number of nitrogens with zero attached hydrogens (tertiary/aromatic N) is 2. The highest BCUT2D eigenvalue weighted by atomic mass is 16.5. The molecule has 3 aromatic carbocycles. The maximum atomic E-state index is 13.3. The molecule has 2 unspecified atom stereocenters. The standard InChI is InChI=1S/C38H45N3O2.H2/c42-38(39-27-37(32-18-8-9-19-32)41-24-10-3-11-25-41)33-20-12-21-34(26-33)43-35-22-13-23-40(28-35)29-36(30-14-4-1-5-15-30)31-16-6-2-7-17-31;/h1-2,4-9,12,14-18,20-21,26,35-37H,3,10-11,13,19,22-25,27-29H2,(H,39,42);1H. The molecule has 2 atom stereocenters. The summed E-state index contributed by atoms with van der Waals surface area (Å²) in [5.41, 5.74) is 4.76. The summed E-state index contributed by atoms with van der Waals surface area (Å²) in [6, 6.07) is 29.7. The average Bonchev–Trinajstić information content (AvgIpc) is 3.60. The normalized spacial score (nSPS) is 20.1. The van der Waals surface area contributed by atoms with Crippen molar-refractivity contribution in [2.24, 2.45) is 0 Å². The van der Waals surface area contributed by atoms with Gasteiger partial charge in [-0.3, -0.25) is 14.6 Å². The van der Waals surface area contributed by atoms with Gasteiger partial charge in [0.1, 0.15) is 11.9 Å². The van der Waals surface area contributed by atoms with Crippen molar-refractivity contribution < 1.29 is 11.0 Å². The fourth-order valence-corrected chi connectivity index (χ4v) is 6.94. The van der Waals surface area contributed by atoms with Gasteiger partial charge in [0.15, 0.2) is 0 Å². The molecule has 3 aliphatic rings. The van der Waals surface area contributed by atoms with E-state index in [-0.39, 0.29) is 19.5 Å². The molecule has 2 fully saturated rings. The molecule has 226 valence electrons. The number of ether oxygens (including phenoxy) is 1. The quantitative estimate of drug-likeness (QED) is 0.265. The predicted molar refractivity (Wildman–Crippen MR) is 177 cm³/mol. The van der Waals surface area contributed by atoms with E-state index >= 15 is 0 Å². The molecule has 0 bridgehead atoms. The molecular weight excluding hydrogens is 530 g/mol. The van der Waals surface area contributed by atoms with E-state index in [4.69, 9.17) is 4.74 Å². The third-order valence-corrected chi connectivity index (χ3v) is 9.22. The molecule has 0 radical (unpaired) electrons. The van der Waals surface area contributed by atoms with Crippen molar-refractivity contribution in [3.63, 3.8) is 0 Å². The first kappa shape index (κ1) is 29.4. The molecule has 2 saturated heterocycles. The summed E-state index contributed by atoms with van der Waals surface area (Å²) >= 11 is 0. The van der Waals surface area contributed by atoms with Gasteiger partial charge in [-0.15, -0.1) is 0 Å². The number of hydrogen-bond donors (Lipinski definition) is 1. The van der Waals surface area contributed by atoms with Crippen LogP contribution in [0.25, 0.3) is 0 Å². The lowest BCUT2D eigenvalue weighted by Crippen LogP contribution is -2.47. The highest BCUT2D eigenvalue weighted by molar-refractivity contribution is 5.94. The van der Waals surface area contributed by atoms with Crippen LogP contribution < -0.4 is 10.1 Å². The largest absolute Gasteiger partial charge is 0.489 e. The van der Waals surface area contributed by atoms with Crippen LogP contribution in [0.4, 0.5) is 0 Å². The Balaban J connectivity index is 0.00000384. The molecule has 5 nitrogen and oxygen atoms in total. The van der Waals surface area contributed by atoms with Crippen LogP contribution in [-0.4, -0.2) is 67.1 Å². The highest BCUT2D eigenvalue weighted by Crippen LogP contribution is 2.28. The maximum absolute atomic E-state index is 13.3. The molecule has 2 aliphatic heterocycles. The van der Waals surface area contributed by atoms with Gasteiger partial charge >= 0.3 is 0 Å². The van der Waals surface area contributed by atoms with E-state index in [0.717, 1.165) is 57.7 Å². The summed E-state index contributed by atoms with van der Waals surface area (Å²) in [4.78, 5) is 18.4. The third-order valence-electron chi connectivity index (χ3n) is 9.22. The van der Waals surface area contributed by atoms with Crippen molar-refractivity contribution in [3.8, 4) is 5.75 Å². The first-order chi connectivity index (χ1) is 21.2. The highest BCUT2D eigenvalue weighted by Gasteiger charge is 2.27. The molecule has 0 aromatic heterocycles. The van der Waals surface area contributed by atoms with E-state index < -0.39 is 0 Å². The van der Waals surface area contributed by atoms with Gasteiger partial charge in [-0.2, -0.15) is 0 Å². The van der Waals surface area contributed by atoms with E-state index in [1.54, 1.807) is 0 Å². The van der Waals surface area contributed by atoms with E-state index in [2.05, 4.69) is 94.0 Å². The molecule has 6 rings (SSSR count).